The van der Waals surface area contributed by atoms with Crippen LogP contribution in [-0.2, 0) is 6.54 Å². The molecule has 16 heavy (non-hydrogen) atoms. The Hall–Kier alpha value is -1.40. The Balaban J connectivity index is 2.58. The number of aryl methyl sites for hydroxylation is 1. The molecule has 0 unspecified atom stereocenters. The summed E-state index contributed by atoms with van der Waals surface area (Å²) in [7, 11) is 0. The van der Waals surface area contributed by atoms with Gasteiger partial charge in [-0.15, -0.1) is 0 Å². The second-order valence-electron chi connectivity index (χ2n) is 3.30. The molecule has 1 aromatic carbocycles. The van der Waals surface area contributed by atoms with Crippen LogP contribution >= 0.6 is 15.9 Å². The van der Waals surface area contributed by atoms with Gasteiger partial charge in [0.2, 0.25) is 11.7 Å². The summed E-state index contributed by atoms with van der Waals surface area (Å²) in [6.07, 6.45) is 0. The van der Waals surface area contributed by atoms with Gasteiger partial charge < -0.3 is 15.4 Å². The summed E-state index contributed by atoms with van der Waals surface area (Å²) in [5.74, 6) is 0.787. The molecule has 84 valence electrons. The summed E-state index contributed by atoms with van der Waals surface area (Å²) < 4.78 is 5.50. The molecule has 0 radical (unpaired) electrons. The van der Waals surface area contributed by atoms with Crippen LogP contribution < -0.4 is 5.73 Å². The van der Waals surface area contributed by atoms with E-state index in [1.54, 1.807) is 6.07 Å². The first-order chi connectivity index (χ1) is 7.63. The van der Waals surface area contributed by atoms with Crippen molar-refractivity contribution in [1.29, 1.82) is 0 Å². The smallest absolute Gasteiger partial charge is 0.240 e. The summed E-state index contributed by atoms with van der Waals surface area (Å²) in [5, 5.41) is 13.7. The van der Waals surface area contributed by atoms with E-state index in [0.29, 0.717) is 21.8 Å². The summed E-state index contributed by atoms with van der Waals surface area (Å²) >= 11 is 3.24. The zero-order valence-electron chi connectivity index (χ0n) is 8.57. The van der Waals surface area contributed by atoms with Crippen LogP contribution in [0.5, 0.6) is 5.75 Å². The zero-order chi connectivity index (χ0) is 11.7. The molecule has 1 aromatic heterocycles. The van der Waals surface area contributed by atoms with Crippen LogP contribution in [0.1, 0.15) is 11.5 Å². The van der Waals surface area contributed by atoms with Crippen LogP contribution in [0.25, 0.3) is 11.4 Å². The van der Waals surface area contributed by atoms with Crippen molar-refractivity contribution in [3.05, 3.63) is 28.1 Å². The molecule has 0 atom stereocenters. The van der Waals surface area contributed by atoms with E-state index in [4.69, 9.17) is 10.3 Å². The van der Waals surface area contributed by atoms with Crippen molar-refractivity contribution >= 4 is 15.9 Å². The third-order valence-corrected chi connectivity index (χ3v) is 2.84. The molecule has 0 aliphatic rings. The van der Waals surface area contributed by atoms with Crippen LogP contribution in [0.3, 0.4) is 0 Å². The molecule has 1 heterocycles. The van der Waals surface area contributed by atoms with Crippen LogP contribution in [0.2, 0.25) is 0 Å². The first-order valence-electron chi connectivity index (χ1n) is 4.64. The lowest BCUT2D eigenvalue weighted by atomic mass is 10.1. The predicted octanol–water partition coefficient (Wildman–Crippen LogP) is 1.97. The highest BCUT2D eigenvalue weighted by Crippen LogP contribution is 2.36. The molecule has 6 heteroatoms. The number of phenolic OH excluding ortho intramolecular Hbond substituents is 1. The van der Waals surface area contributed by atoms with Crippen molar-refractivity contribution in [2.24, 2.45) is 5.73 Å². The number of rotatable bonds is 2. The normalized spacial score (nSPS) is 10.7. The average Bonchev–Trinajstić information content (AvgIpc) is 2.73. The zero-order valence-corrected chi connectivity index (χ0v) is 10.2. The van der Waals surface area contributed by atoms with E-state index in [0.717, 1.165) is 5.56 Å². The summed E-state index contributed by atoms with van der Waals surface area (Å²) in [6, 6.07) is 3.62. The largest absolute Gasteiger partial charge is 0.506 e. The summed E-state index contributed by atoms with van der Waals surface area (Å²) in [6.45, 7) is 2.04. The highest BCUT2D eigenvalue weighted by Gasteiger charge is 2.16. The molecule has 2 aromatic rings. The number of benzene rings is 1. The lowest BCUT2D eigenvalue weighted by molar-refractivity contribution is 0.380. The molecule has 0 amide bonds. The van der Waals surface area contributed by atoms with Gasteiger partial charge in [0.1, 0.15) is 5.75 Å². The van der Waals surface area contributed by atoms with Crippen molar-refractivity contribution in [3.8, 4) is 17.1 Å². The van der Waals surface area contributed by atoms with Gasteiger partial charge >= 0.3 is 0 Å². The Labute approximate surface area is 100 Å². The number of nitrogens with zero attached hydrogens (tertiary/aromatic N) is 2. The molecule has 0 fully saturated rings. The van der Waals surface area contributed by atoms with E-state index >= 15 is 0 Å². The minimum absolute atomic E-state index is 0.101. The van der Waals surface area contributed by atoms with E-state index < -0.39 is 0 Å². The molecule has 0 saturated carbocycles. The summed E-state index contributed by atoms with van der Waals surface area (Å²) in [5.41, 5.74) is 6.80. The van der Waals surface area contributed by atoms with Gasteiger partial charge in [-0.25, -0.2) is 0 Å². The van der Waals surface area contributed by atoms with Gasteiger partial charge in [-0.05, 0) is 34.5 Å². The quantitative estimate of drug-likeness (QED) is 0.880. The molecule has 0 bridgehead atoms. The number of halogens is 1. The molecule has 3 N–H and O–H groups in total. The maximum Gasteiger partial charge on any atom is 0.240 e. The van der Waals surface area contributed by atoms with Gasteiger partial charge in [-0.3, -0.25) is 0 Å². The first kappa shape index (κ1) is 11.1. The SMILES string of the molecule is Cc1ccc(Br)c(O)c1-c1noc(CN)n1. The number of hydrogen-bond donors (Lipinski definition) is 2. The van der Waals surface area contributed by atoms with Crippen molar-refractivity contribution in [3.63, 3.8) is 0 Å². The van der Waals surface area contributed by atoms with Crippen molar-refractivity contribution in [2.75, 3.05) is 0 Å². The Morgan fingerprint density at radius 1 is 1.50 bits per heavy atom. The van der Waals surface area contributed by atoms with Crippen molar-refractivity contribution in [2.45, 2.75) is 13.5 Å². The molecular formula is C10H10BrN3O2. The maximum atomic E-state index is 9.91. The van der Waals surface area contributed by atoms with E-state index in [1.165, 1.54) is 0 Å². The minimum Gasteiger partial charge on any atom is -0.506 e. The van der Waals surface area contributed by atoms with Gasteiger partial charge in [0.05, 0.1) is 16.6 Å². The van der Waals surface area contributed by atoms with Crippen LogP contribution in [0.4, 0.5) is 0 Å². The maximum absolute atomic E-state index is 9.91. The second-order valence-corrected chi connectivity index (χ2v) is 4.16. The summed E-state index contributed by atoms with van der Waals surface area (Å²) in [4.78, 5) is 4.08. The van der Waals surface area contributed by atoms with Crippen molar-refractivity contribution in [1.82, 2.24) is 10.1 Å². The number of aromatic hydroxyl groups is 1. The van der Waals surface area contributed by atoms with Gasteiger partial charge in [0, 0.05) is 0 Å². The Morgan fingerprint density at radius 3 is 2.88 bits per heavy atom. The Morgan fingerprint density at radius 2 is 2.25 bits per heavy atom. The van der Waals surface area contributed by atoms with Crippen LogP contribution in [0, 0.1) is 6.92 Å². The van der Waals surface area contributed by atoms with Crippen LogP contribution in [-0.4, -0.2) is 15.2 Å². The first-order valence-corrected chi connectivity index (χ1v) is 5.44. The fraction of sp³-hybridized carbons (Fsp3) is 0.200. The predicted molar refractivity (Wildman–Crippen MR) is 61.7 cm³/mol. The molecule has 0 aliphatic heterocycles. The Kier molecular flexibility index (Phi) is 2.93. The Bertz CT molecular complexity index is 525. The van der Waals surface area contributed by atoms with Gasteiger partial charge in [-0.2, -0.15) is 4.98 Å². The molecule has 0 aliphatic carbocycles. The number of aromatic nitrogens is 2. The number of nitrogens with two attached hydrogens (primary N) is 1. The lowest BCUT2D eigenvalue weighted by Gasteiger charge is -2.05. The molecular weight excluding hydrogens is 274 g/mol. The van der Waals surface area contributed by atoms with E-state index in [1.807, 2.05) is 13.0 Å². The van der Waals surface area contributed by atoms with E-state index in [2.05, 4.69) is 26.1 Å². The highest BCUT2D eigenvalue weighted by atomic mass is 79.9. The number of phenols is 1. The van der Waals surface area contributed by atoms with E-state index in [9.17, 15) is 5.11 Å². The molecule has 0 spiro atoms. The van der Waals surface area contributed by atoms with Gasteiger partial charge in [0.25, 0.3) is 0 Å². The topological polar surface area (TPSA) is 85.2 Å². The molecule has 5 nitrogen and oxygen atoms in total. The molecule has 0 saturated heterocycles. The highest BCUT2D eigenvalue weighted by molar-refractivity contribution is 9.10. The fourth-order valence-corrected chi connectivity index (χ4v) is 1.72. The average molecular weight is 284 g/mol. The second kappa shape index (κ2) is 4.23. The van der Waals surface area contributed by atoms with Crippen LogP contribution in [0.15, 0.2) is 21.1 Å². The van der Waals surface area contributed by atoms with Crippen molar-refractivity contribution < 1.29 is 9.63 Å². The monoisotopic (exact) mass is 283 g/mol. The number of hydrogen-bond acceptors (Lipinski definition) is 5. The standard InChI is InChI=1S/C10H10BrN3O2/c1-5-2-3-6(11)9(15)8(5)10-13-7(4-12)16-14-10/h2-3,15H,4,12H2,1H3. The fourth-order valence-electron chi connectivity index (χ4n) is 1.39. The van der Waals surface area contributed by atoms with Gasteiger partial charge in [-0.1, -0.05) is 11.2 Å². The third kappa shape index (κ3) is 1.81. The van der Waals surface area contributed by atoms with Gasteiger partial charge in [0.15, 0.2) is 0 Å². The third-order valence-electron chi connectivity index (χ3n) is 2.20. The van der Waals surface area contributed by atoms with E-state index in [-0.39, 0.29) is 12.3 Å². The minimum atomic E-state index is 0.101. The lowest BCUT2D eigenvalue weighted by Crippen LogP contribution is -1.96. The molecule has 2 rings (SSSR count).